The molecule has 3 aromatic rings. The largest absolute Gasteiger partial charge is 0.494 e. The van der Waals surface area contributed by atoms with Crippen LogP contribution in [0.4, 0.5) is 10.1 Å². The number of aromatic nitrogens is 2. The maximum absolute atomic E-state index is 13.3. The molecule has 1 aliphatic rings. The van der Waals surface area contributed by atoms with E-state index in [0.29, 0.717) is 21.5 Å². The monoisotopic (exact) mass is 380 g/mol. The molecule has 0 bridgehead atoms. The lowest BCUT2D eigenvalue weighted by Crippen LogP contribution is -2.19. The van der Waals surface area contributed by atoms with Crippen molar-refractivity contribution in [3.05, 3.63) is 65.2 Å². The van der Waals surface area contributed by atoms with E-state index in [0.717, 1.165) is 16.5 Å². The van der Waals surface area contributed by atoms with Crippen molar-refractivity contribution in [3.8, 4) is 5.75 Å². The van der Waals surface area contributed by atoms with Gasteiger partial charge in [0.2, 0.25) is 0 Å². The zero-order valence-electron chi connectivity index (χ0n) is 14.1. The summed E-state index contributed by atoms with van der Waals surface area (Å²) in [7, 11) is 1.44. The van der Waals surface area contributed by atoms with Gasteiger partial charge in [0.25, 0.3) is 5.91 Å². The Balaban J connectivity index is 1.62. The predicted molar refractivity (Wildman–Crippen MR) is 103 cm³/mol. The first-order chi connectivity index (χ1) is 13.1. The SMILES string of the molecule is COc1cc(F)ccc1N=C1NC(=O)/C(=C/c2ccc3ncncc3c2)S1. The number of nitrogens with zero attached hydrogens (tertiary/aromatic N) is 3. The Bertz CT molecular complexity index is 1110. The smallest absolute Gasteiger partial charge is 0.264 e. The van der Waals surface area contributed by atoms with Crippen LogP contribution in [-0.2, 0) is 4.79 Å². The molecular formula is C19H13FN4O2S. The summed E-state index contributed by atoms with van der Waals surface area (Å²) in [6, 6.07) is 9.70. The molecule has 2 heterocycles. The first-order valence-corrected chi connectivity index (χ1v) is 8.77. The number of hydrogen-bond acceptors (Lipinski definition) is 6. The highest BCUT2D eigenvalue weighted by Gasteiger charge is 2.24. The van der Waals surface area contributed by atoms with E-state index in [1.165, 1.54) is 43.4 Å². The quantitative estimate of drug-likeness (QED) is 0.702. The second kappa shape index (κ2) is 7.16. The van der Waals surface area contributed by atoms with Gasteiger partial charge in [0.15, 0.2) is 5.17 Å². The Morgan fingerprint density at radius 3 is 3.00 bits per heavy atom. The number of aliphatic imine (C=N–C) groups is 1. The minimum Gasteiger partial charge on any atom is -0.494 e. The fourth-order valence-corrected chi connectivity index (χ4v) is 3.41. The van der Waals surface area contributed by atoms with Crippen LogP contribution < -0.4 is 10.1 Å². The number of thioether (sulfide) groups is 1. The van der Waals surface area contributed by atoms with Crippen molar-refractivity contribution in [2.24, 2.45) is 4.99 Å². The Kier molecular flexibility index (Phi) is 4.55. The number of benzene rings is 2. The van der Waals surface area contributed by atoms with Crippen molar-refractivity contribution in [1.29, 1.82) is 0 Å². The number of amidine groups is 1. The van der Waals surface area contributed by atoms with Gasteiger partial charge in [0.05, 0.1) is 17.5 Å². The molecule has 1 amide bonds. The molecule has 1 N–H and O–H groups in total. The summed E-state index contributed by atoms with van der Waals surface area (Å²) in [6.45, 7) is 0. The van der Waals surface area contributed by atoms with Crippen molar-refractivity contribution in [3.63, 3.8) is 0 Å². The van der Waals surface area contributed by atoms with E-state index < -0.39 is 5.82 Å². The van der Waals surface area contributed by atoms with Gasteiger partial charge in [-0.25, -0.2) is 19.4 Å². The Labute approximate surface area is 158 Å². The summed E-state index contributed by atoms with van der Waals surface area (Å²) in [5, 5.41) is 4.00. The van der Waals surface area contributed by atoms with Crippen LogP contribution in [-0.4, -0.2) is 28.2 Å². The molecular weight excluding hydrogens is 367 g/mol. The molecule has 8 heteroatoms. The average molecular weight is 380 g/mol. The molecule has 0 aliphatic carbocycles. The number of fused-ring (bicyclic) bond motifs is 1. The van der Waals surface area contributed by atoms with Gasteiger partial charge in [-0.3, -0.25) is 4.79 Å². The second-order valence-corrected chi connectivity index (χ2v) is 6.67. The van der Waals surface area contributed by atoms with Crippen LogP contribution in [0.25, 0.3) is 17.0 Å². The summed E-state index contributed by atoms with van der Waals surface area (Å²) in [5.74, 6) is -0.367. The zero-order chi connectivity index (χ0) is 18.8. The van der Waals surface area contributed by atoms with Crippen LogP contribution >= 0.6 is 11.8 Å². The summed E-state index contributed by atoms with van der Waals surface area (Å²) in [5.41, 5.74) is 2.13. The third-order valence-corrected chi connectivity index (χ3v) is 4.75. The Morgan fingerprint density at radius 1 is 1.26 bits per heavy atom. The van der Waals surface area contributed by atoms with Crippen molar-refractivity contribution in [2.75, 3.05) is 7.11 Å². The second-order valence-electron chi connectivity index (χ2n) is 5.64. The molecule has 134 valence electrons. The lowest BCUT2D eigenvalue weighted by molar-refractivity contribution is -0.115. The first-order valence-electron chi connectivity index (χ1n) is 7.95. The molecule has 0 spiro atoms. The number of halogens is 1. The minimum absolute atomic E-state index is 0.246. The van der Waals surface area contributed by atoms with Crippen LogP contribution in [0.5, 0.6) is 5.75 Å². The van der Waals surface area contributed by atoms with E-state index in [1.54, 1.807) is 12.3 Å². The normalized spacial score (nSPS) is 16.9. The number of carbonyl (C=O) groups is 1. The molecule has 0 radical (unpaired) electrons. The van der Waals surface area contributed by atoms with Crippen LogP contribution in [0.1, 0.15) is 5.56 Å². The van der Waals surface area contributed by atoms with Gasteiger partial charge in [-0.2, -0.15) is 0 Å². The number of rotatable bonds is 3. The van der Waals surface area contributed by atoms with E-state index in [4.69, 9.17) is 4.74 Å². The fourth-order valence-electron chi connectivity index (χ4n) is 2.58. The molecule has 1 fully saturated rings. The van der Waals surface area contributed by atoms with E-state index in [-0.39, 0.29) is 5.91 Å². The molecule has 6 nitrogen and oxygen atoms in total. The molecule has 0 saturated carbocycles. The molecule has 0 unspecified atom stereocenters. The van der Waals surface area contributed by atoms with Crippen LogP contribution in [0.15, 0.2) is 58.8 Å². The van der Waals surface area contributed by atoms with E-state index in [1.807, 2.05) is 18.2 Å². The maximum Gasteiger partial charge on any atom is 0.264 e. The van der Waals surface area contributed by atoms with E-state index in [9.17, 15) is 9.18 Å². The van der Waals surface area contributed by atoms with Gasteiger partial charge in [0.1, 0.15) is 23.6 Å². The number of carbonyl (C=O) groups excluding carboxylic acids is 1. The lowest BCUT2D eigenvalue weighted by atomic mass is 10.1. The van der Waals surface area contributed by atoms with Crippen molar-refractivity contribution in [1.82, 2.24) is 15.3 Å². The van der Waals surface area contributed by atoms with Gasteiger partial charge in [-0.15, -0.1) is 0 Å². The van der Waals surface area contributed by atoms with Crippen molar-refractivity contribution in [2.45, 2.75) is 0 Å². The average Bonchev–Trinajstić information content (AvgIpc) is 3.02. The van der Waals surface area contributed by atoms with Gasteiger partial charge in [-0.05, 0) is 47.7 Å². The van der Waals surface area contributed by atoms with Crippen molar-refractivity contribution < 1.29 is 13.9 Å². The van der Waals surface area contributed by atoms with Crippen LogP contribution in [0, 0.1) is 5.82 Å². The number of methoxy groups -OCH3 is 1. The topological polar surface area (TPSA) is 76.5 Å². The maximum atomic E-state index is 13.3. The number of nitrogens with one attached hydrogen (secondary N) is 1. The lowest BCUT2D eigenvalue weighted by Gasteiger charge is -2.04. The first kappa shape index (κ1) is 17.2. The number of amides is 1. The molecule has 1 saturated heterocycles. The summed E-state index contributed by atoms with van der Waals surface area (Å²) in [6.07, 6.45) is 4.99. The third kappa shape index (κ3) is 3.65. The standard InChI is InChI=1S/C19H13FN4O2S/c1-26-16-8-13(20)3-5-15(16)23-19-24-18(25)17(27-19)7-11-2-4-14-12(6-11)9-21-10-22-14/h2-10H,1H3,(H,23,24,25)/b17-7-. The van der Waals surface area contributed by atoms with E-state index >= 15 is 0 Å². The number of hydrogen-bond donors (Lipinski definition) is 1. The summed E-state index contributed by atoms with van der Waals surface area (Å²) >= 11 is 1.21. The zero-order valence-corrected chi connectivity index (χ0v) is 15.0. The Morgan fingerprint density at radius 2 is 2.15 bits per heavy atom. The molecule has 1 aliphatic heterocycles. The van der Waals surface area contributed by atoms with Crippen molar-refractivity contribution >= 4 is 45.5 Å². The molecule has 27 heavy (non-hydrogen) atoms. The van der Waals surface area contributed by atoms with Gasteiger partial charge >= 0.3 is 0 Å². The molecule has 1 aromatic heterocycles. The van der Waals surface area contributed by atoms with Crippen LogP contribution in [0.2, 0.25) is 0 Å². The molecule has 4 rings (SSSR count). The molecule has 0 atom stereocenters. The summed E-state index contributed by atoms with van der Waals surface area (Å²) in [4.78, 5) is 25.3. The highest BCUT2D eigenvalue weighted by Crippen LogP contribution is 2.32. The van der Waals surface area contributed by atoms with Gasteiger partial charge < -0.3 is 10.1 Å². The predicted octanol–water partition coefficient (Wildman–Crippen LogP) is 3.67. The third-order valence-electron chi connectivity index (χ3n) is 3.84. The highest BCUT2D eigenvalue weighted by molar-refractivity contribution is 8.18. The Hall–Kier alpha value is -3.26. The van der Waals surface area contributed by atoms with E-state index in [2.05, 4.69) is 20.3 Å². The van der Waals surface area contributed by atoms with Crippen LogP contribution in [0.3, 0.4) is 0 Å². The van der Waals surface area contributed by atoms with Gasteiger partial charge in [-0.1, -0.05) is 6.07 Å². The highest BCUT2D eigenvalue weighted by atomic mass is 32.2. The molecule has 2 aromatic carbocycles. The summed E-state index contributed by atoms with van der Waals surface area (Å²) < 4.78 is 18.4. The van der Waals surface area contributed by atoms with Gasteiger partial charge in [0, 0.05) is 17.6 Å². The minimum atomic E-state index is -0.417. The number of ether oxygens (including phenoxy) is 1. The fraction of sp³-hybridized carbons (Fsp3) is 0.0526.